The smallest absolute Gasteiger partial charge is 0.306 e. The number of unbranched alkanes of at least 4 members (excludes halogenated alkanes) is 2. The van der Waals surface area contributed by atoms with E-state index in [1.165, 1.54) is 6.42 Å². The van der Waals surface area contributed by atoms with Crippen LogP contribution in [0.5, 0.6) is 0 Å². The molecule has 2 unspecified atom stereocenters. The van der Waals surface area contributed by atoms with Gasteiger partial charge in [0.25, 0.3) is 0 Å². The van der Waals surface area contributed by atoms with Crippen LogP contribution < -0.4 is 0 Å². The molecule has 0 aromatic heterocycles. The van der Waals surface area contributed by atoms with Crippen LogP contribution in [0.3, 0.4) is 0 Å². The van der Waals surface area contributed by atoms with Gasteiger partial charge < -0.3 is 4.74 Å². The van der Waals surface area contributed by atoms with Crippen LogP contribution in [0, 0.1) is 40.4 Å². The van der Waals surface area contributed by atoms with Crippen molar-refractivity contribution in [2.75, 3.05) is 0 Å². The van der Waals surface area contributed by atoms with Gasteiger partial charge in [-0.1, -0.05) is 33.6 Å². The number of hydrogen-bond donors (Lipinski definition) is 0. The van der Waals surface area contributed by atoms with Crippen LogP contribution in [0.4, 0.5) is 0 Å². The second kappa shape index (κ2) is 8.63. The minimum absolute atomic E-state index is 0.104. The van der Waals surface area contributed by atoms with Crippen LogP contribution in [0.2, 0.25) is 0 Å². The first-order chi connectivity index (χ1) is 14.7. The summed E-state index contributed by atoms with van der Waals surface area (Å²) in [4.78, 5) is 37.6. The van der Waals surface area contributed by atoms with Gasteiger partial charge in [0.1, 0.15) is 17.7 Å². The number of hydrogen-bond acceptors (Lipinski definition) is 4. The van der Waals surface area contributed by atoms with Crippen LogP contribution in [-0.4, -0.2) is 23.6 Å². The normalized spacial score (nSPS) is 44.2. The molecule has 0 aliphatic heterocycles. The monoisotopic (exact) mass is 430 g/mol. The Bertz CT molecular complexity index is 729. The molecule has 31 heavy (non-hydrogen) atoms. The van der Waals surface area contributed by atoms with Gasteiger partial charge in [-0.3, -0.25) is 14.4 Å². The number of Topliss-reactive ketones (excluding diaryl/α,β-unsaturated/α-hetero) is 2. The van der Waals surface area contributed by atoms with Crippen molar-refractivity contribution < 1.29 is 19.1 Å². The van der Waals surface area contributed by atoms with Crippen LogP contribution in [0.25, 0.3) is 0 Å². The highest BCUT2D eigenvalue weighted by molar-refractivity contribution is 5.81. The van der Waals surface area contributed by atoms with Crippen molar-refractivity contribution in [3.05, 3.63) is 0 Å². The average molecular weight is 431 g/mol. The summed E-state index contributed by atoms with van der Waals surface area (Å²) in [5, 5.41) is 0. The van der Waals surface area contributed by atoms with Gasteiger partial charge in [-0.15, -0.1) is 0 Å². The number of ether oxygens (including phenoxy) is 1. The molecular formula is C27H42O4. The molecule has 0 heterocycles. The van der Waals surface area contributed by atoms with Crippen molar-refractivity contribution in [2.24, 2.45) is 40.4 Å². The molecule has 4 nitrogen and oxygen atoms in total. The highest BCUT2D eigenvalue weighted by Gasteiger charge is 2.63. The Morgan fingerprint density at radius 2 is 1.77 bits per heavy atom. The third-order valence-electron chi connectivity index (χ3n) is 10.3. The maximum Gasteiger partial charge on any atom is 0.306 e. The molecule has 4 saturated carbocycles. The lowest BCUT2D eigenvalue weighted by molar-refractivity contribution is -0.192. The lowest BCUT2D eigenvalue weighted by Crippen LogP contribution is -2.59. The van der Waals surface area contributed by atoms with Gasteiger partial charge >= 0.3 is 5.97 Å². The van der Waals surface area contributed by atoms with Crippen LogP contribution in [-0.2, 0) is 19.1 Å². The highest BCUT2D eigenvalue weighted by Crippen LogP contribution is 2.67. The van der Waals surface area contributed by atoms with E-state index < -0.39 is 0 Å². The average Bonchev–Trinajstić information content (AvgIpc) is 3.06. The van der Waals surface area contributed by atoms with Gasteiger partial charge in [-0.25, -0.2) is 0 Å². The molecule has 4 rings (SSSR count). The minimum atomic E-state index is -0.268. The van der Waals surface area contributed by atoms with E-state index in [2.05, 4.69) is 20.8 Å². The Labute approximate surface area is 188 Å². The zero-order valence-corrected chi connectivity index (χ0v) is 20.1. The van der Waals surface area contributed by atoms with Crippen LogP contribution in [0.1, 0.15) is 105 Å². The largest absolute Gasteiger partial charge is 0.461 e. The van der Waals surface area contributed by atoms with Crippen molar-refractivity contribution in [3.8, 4) is 0 Å². The molecule has 0 aromatic carbocycles. The van der Waals surface area contributed by atoms with E-state index in [1.54, 1.807) is 6.92 Å². The van der Waals surface area contributed by atoms with Crippen molar-refractivity contribution in [1.82, 2.24) is 0 Å². The lowest BCUT2D eigenvalue weighted by Gasteiger charge is -2.61. The summed E-state index contributed by atoms with van der Waals surface area (Å²) in [5.74, 6) is 2.75. The summed E-state index contributed by atoms with van der Waals surface area (Å²) in [6, 6.07) is 0. The van der Waals surface area contributed by atoms with Gasteiger partial charge in [0, 0.05) is 30.6 Å². The summed E-state index contributed by atoms with van der Waals surface area (Å²) in [6.45, 7) is 8.63. The fourth-order valence-electron chi connectivity index (χ4n) is 8.65. The summed E-state index contributed by atoms with van der Waals surface area (Å²) >= 11 is 0. The number of fused-ring (bicyclic) bond motifs is 5. The molecule has 0 N–H and O–H groups in total. The van der Waals surface area contributed by atoms with Gasteiger partial charge in [-0.2, -0.15) is 0 Å². The van der Waals surface area contributed by atoms with E-state index >= 15 is 0 Å². The Kier molecular flexibility index (Phi) is 6.40. The predicted octanol–water partition coefficient (Wildman–Crippen LogP) is 5.91. The Morgan fingerprint density at radius 3 is 2.48 bits per heavy atom. The standard InChI is InChI=1S/C27H42O4/c1-5-6-7-8-25(30)31-24-16-19(29)15-18-9-10-20-22-12-11-21(17(2)28)26(22,3)14-13-23(20)27(18,24)4/h18,20-24H,5-16H2,1-4H3/t18?,20-,21+,22-,23-,24?,26+,27-/m0/s1. The van der Waals surface area contributed by atoms with Gasteiger partial charge in [0.05, 0.1) is 0 Å². The predicted molar refractivity (Wildman–Crippen MR) is 120 cm³/mol. The first-order valence-corrected chi connectivity index (χ1v) is 12.9. The zero-order chi connectivity index (χ0) is 22.4. The third-order valence-corrected chi connectivity index (χ3v) is 10.3. The van der Waals surface area contributed by atoms with Crippen LogP contribution in [0.15, 0.2) is 0 Å². The second-order valence-corrected chi connectivity index (χ2v) is 11.7. The zero-order valence-electron chi connectivity index (χ0n) is 20.1. The Balaban J connectivity index is 1.57. The number of ketones is 2. The molecular weight excluding hydrogens is 388 g/mol. The Morgan fingerprint density at radius 1 is 1.00 bits per heavy atom. The molecule has 4 fully saturated rings. The van der Waals surface area contributed by atoms with Crippen LogP contribution >= 0.6 is 0 Å². The maximum absolute atomic E-state index is 12.7. The summed E-state index contributed by atoms with van der Waals surface area (Å²) < 4.78 is 6.11. The van der Waals surface area contributed by atoms with Crippen molar-refractivity contribution in [1.29, 1.82) is 0 Å². The second-order valence-electron chi connectivity index (χ2n) is 11.7. The first kappa shape index (κ1) is 23.0. The molecule has 174 valence electrons. The lowest BCUT2D eigenvalue weighted by atomic mass is 9.44. The van der Waals surface area contributed by atoms with Crippen molar-refractivity contribution >= 4 is 17.5 Å². The fraction of sp³-hybridized carbons (Fsp3) is 0.889. The summed E-state index contributed by atoms with van der Waals surface area (Å²) in [7, 11) is 0. The highest BCUT2D eigenvalue weighted by atomic mass is 16.5. The fourth-order valence-corrected chi connectivity index (χ4v) is 8.65. The quantitative estimate of drug-likeness (QED) is 0.388. The Hall–Kier alpha value is -1.19. The SMILES string of the molecule is CCCCCC(=O)OC1CC(=O)CC2CC[C@@H]3[C@H](CC[C@]4(C)[C@@H](C(C)=O)CC[C@@H]34)[C@]21C. The van der Waals surface area contributed by atoms with Gasteiger partial charge in [0.15, 0.2) is 0 Å². The number of carbonyl (C=O) groups is 3. The topological polar surface area (TPSA) is 60.4 Å². The van der Waals surface area contributed by atoms with E-state index in [9.17, 15) is 14.4 Å². The van der Waals surface area contributed by atoms with Crippen molar-refractivity contribution in [2.45, 2.75) is 111 Å². The van der Waals surface area contributed by atoms with E-state index in [1.807, 2.05) is 0 Å². The maximum atomic E-state index is 12.7. The summed E-state index contributed by atoms with van der Waals surface area (Å²) in [6.07, 6.45) is 10.9. The van der Waals surface area contributed by atoms with E-state index in [4.69, 9.17) is 4.74 Å². The van der Waals surface area contributed by atoms with Gasteiger partial charge in [0.2, 0.25) is 0 Å². The van der Waals surface area contributed by atoms with Gasteiger partial charge in [-0.05, 0) is 81.0 Å². The number of carbonyl (C=O) groups excluding carboxylic acids is 3. The molecule has 4 aliphatic carbocycles. The molecule has 0 amide bonds. The van der Waals surface area contributed by atoms with E-state index in [-0.39, 0.29) is 34.6 Å². The molecule has 0 spiro atoms. The molecule has 8 atom stereocenters. The molecule has 0 aromatic rings. The summed E-state index contributed by atoms with van der Waals surface area (Å²) in [5.41, 5.74) is 0.0277. The molecule has 4 aliphatic rings. The minimum Gasteiger partial charge on any atom is -0.461 e. The molecule has 0 saturated heterocycles. The number of esters is 1. The van der Waals surface area contributed by atoms with Crippen molar-refractivity contribution in [3.63, 3.8) is 0 Å². The van der Waals surface area contributed by atoms with E-state index in [0.717, 1.165) is 51.4 Å². The molecule has 0 bridgehead atoms. The van der Waals surface area contributed by atoms with E-state index in [0.29, 0.717) is 48.7 Å². The number of rotatable bonds is 6. The first-order valence-electron chi connectivity index (χ1n) is 12.9. The molecule has 0 radical (unpaired) electrons. The third kappa shape index (κ3) is 3.80. The molecule has 4 heteroatoms.